The van der Waals surface area contributed by atoms with Crippen LogP contribution in [0.25, 0.3) is 11.1 Å². The van der Waals surface area contributed by atoms with E-state index < -0.39 is 0 Å². The SMILES string of the molecule is CC(C)C(C)c1nc2c(N)cccc2o1. The van der Waals surface area contributed by atoms with Crippen molar-refractivity contribution in [3.63, 3.8) is 0 Å². The molecule has 0 aliphatic rings. The highest BCUT2D eigenvalue weighted by Gasteiger charge is 2.17. The number of benzene rings is 1. The fourth-order valence-corrected chi connectivity index (χ4v) is 1.47. The number of hydrogen-bond donors (Lipinski definition) is 1. The van der Waals surface area contributed by atoms with Crippen molar-refractivity contribution in [2.75, 3.05) is 5.73 Å². The van der Waals surface area contributed by atoms with Crippen LogP contribution >= 0.6 is 0 Å². The molecule has 0 aliphatic carbocycles. The lowest BCUT2D eigenvalue weighted by molar-refractivity contribution is 0.416. The number of para-hydroxylation sites is 1. The van der Waals surface area contributed by atoms with Gasteiger partial charge in [-0.15, -0.1) is 0 Å². The fourth-order valence-electron chi connectivity index (χ4n) is 1.47. The second-order valence-corrected chi connectivity index (χ2v) is 4.28. The summed E-state index contributed by atoms with van der Waals surface area (Å²) < 4.78 is 5.68. The van der Waals surface area contributed by atoms with Gasteiger partial charge in [0.15, 0.2) is 11.5 Å². The first-order chi connectivity index (χ1) is 7.09. The van der Waals surface area contributed by atoms with Crippen molar-refractivity contribution in [1.82, 2.24) is 4.98 Å². The van der Waals surface area contributed by atoms with Crippen molar-refractivity contribution >= 4 is 16.8 Å². The third-order valence-electron chi connectivity index (χ3n) is 2.86. The maximum Gasteiger partial charge on any atom is 0.198 e. The summed E-state index contributed by atoms with van der Waals surface area (Å²) >= 11 is 0. The molecule has 0 spiro atoms. The monoisotopic (exact) mass is 204 g/mol. The third-order valence-corrected chi connectivity index (χ3v) is 2.86. The molecule has 0 radical (unpaired) electrons. The smallest absolute Gasteiger partial charge is 0.198 e. The summed E-state index contributed by atoms with van der Waals surface area (Å²) in [5.74, 6) is 1.61. The Balaban J connectivity index is 2.52. The fraction of sp³-hybridized carbons (Fsp3) is 0.417. The maximum absolute atomic E-state index is 5.82. The average Bonchev–Trinajstić information content (AvgIpc) is 2.61. The zero-order chi connectivity index (χ0) is 11.0. The van der Waals surface area contributed by atoms with Gasteiger partial charge < -0.3 is 10.2 Å². The van der Waals surface area contributed by atoms with Gasteiger partial charge in [-0.2, -0.15) is 0 Å². The number of rotatable bonds is 2. The lowest BCUT2D eigenvalue weighted by Crippen LogP contribution is -2.01. The van der Waals surface area contributed by atoms with Crippen LogP contribution in [0, 0.1) is 5.92 Å². The van der Waals surface area contributed by atoms with Crippen molar-refractivity contribution in [1.29, 1.82) is 0 Å². The number of nitrogen functional groups attached to an aromatic ring is 1. The Morgan fingerprint density at radius 1 is 1.27 bits per heavy atom. The zero-order valence-corrected chi connectivity index (χ0v) is 9.32. The summed E-state index contributed by atoms with van der Waals surface area (Å²) in [6.45, 7) is 6.43. The van der Waals surface area contributed by atoms with Gasteiger partial charge in [0.25, 0.3) is 0 Å². The normalized spacial score (nSPS) is 13.6. The van der Waals surface area contributed by atoms with E-state index in [0.29, 0.717) is 17.5 Å². The minimum atomic E-state index is 0.316. The van der Waals surface area contributed by atoms with Crippen LogP contribution in [0.5, 0.6) is 0 Å². The molecule has 1 aromatic heterocycles. The van der Waals surface area contributed by atoms with Gasteiger partial charge in [-0.1, -0.05) is 26.8 Å². The Morgan fingerprint density at radius 3 is 2.60 bits per heavy atom. The molecule has 2 rings (SSSR count). The van der Waals surface area contributed by atoms with E-state index in [4.69, 9.17) is 10.2 Å². The third kappa shape index (κ3) is 1.69. The summed E-state index contributed by atoms with van der Waals surface area (Å²) in [6.07, 6.45) is 0. The Bertz CT molecular complexity index is 473. The molecular formula is C12H16N2O. The van der Waals surface area contributed by atoms with Crippen molar-refractivity contribution in [3.05, 3.63) is 24.1 Å². The molecule has 80 valence electrons. The van der Waals surface area contributed by atoms with Crippen LogP contribution < -0.4 is 5.73 Å². The minimum Gasteiger partial charge on any atom is -0.440 e. The van der Waals surface area contributed by atoms with Crippen LogP contribution in [0.3, 0.4) is 0 Å². The molecule has 1 aromatic carbocycles. The standard InChI is InChI=1S/C12H16N2O/c1-7(2)8(3)12-14-11-9(13)5-4-6-10(11)15-12/h4-8H,13H2,1-3H3. The number of fused-ring (bicyclic) bond motifs is 1. The van der Waals surface area contributed by atoms with Crippen molar-refractivity contribution < 1.29 is 4.42 Å². The first-order valence-corrected chi connectivity index (χ1v) is 5.24. The molecule has 3 heteroatoms. The molecule has 15 heavy (non-hydrogen) atoms. The maximum atomic E-state index is 5.82. The average molecular weight is 204 g/mol. The topological polar surface area (TPSA) is 52.0 Å². The first kappa shape index (κ1) is 10.0. The lowest BCUT2D eigenvalue weighted by atomic mass is 9.98. The van der Waals surface area contributed by atoms with Gasteiger partial charge in [0, 0.05) is 5.92 Å². The molecule has 0 bridgehead atoms. The van der Waals surface area contributed by atoms with Gasteiger partial charge in [0.1, 0.15) is 5.52 Å². The van der Waals surface area contributed by atoms with Crippen molar-refractivity contribution in [2.45, 2.75) is 26.7 Å². The van der Waals surface area contributed by atoms with Gasteiger partial charge in [-0.05, 0) is 18.1 Å². The molecule has 1 unspecified atom stereocenters. The highest BCUT2D eigenvalue weighted by atomic mass is 16.3. The largest absolute Gasteiger partial charge is 0.440 e. The van der Waals surface area contributed by atoms with Crippen LogP contribution in [0.1, 0.15) is 32.6 Å². The summed E-state index contributed by atoms with van der Waals surface area (Å²) in [4.78, 5) is 4.44. The molecule has 3 nitrogen and oxygen atoms in total. The summed E-state index contributed by atoms with van der Waals surface area (Å²) in [7, 11) is 0. The van der Waals surface area contributed by atoms with E-state index in [0.717, 1.165) is 17.0 Å². The molecule has 2 N–H and O–H groups in total. The Kier molecular flexibility index (Phi) is 2.39. The molecule has 1 atom stereocenters. The predicted molar refractivity (Wildman–Crippen MR) is 61.7 cm³/mol. The molecule has 0 saturated heterocycles. The second kappa shape index (κ2) is 3.57. The summed E-state index contributed by atoms with van der Waals surface area (Å²) in [5, 5.41) is 0. The van der Waals surface area contributed by atoms with Crippen LogP contribution in [0.2, 0.25) is 0 Å². The molecule has 0 fully saturated rings. The van der Waals surface area contributed by atoms with Crippen LogP contribution in [-0.4, -0.2) is 4.98 Å². The molecular weight excluding hydrogens is 188 g/mol. The van der Waals surface area contributed by atoms with E-state index in [1.807, 2.05) is 18.2 Å². The Morgan fingerprint density at radius 2 is 2.00 bits per heavy atom. The van der Waals surface area contributed by atoms with Gasteiger partial charge in [-0.25, -0.2) is 4.98 Å². The highest BCUT2D eigenvalue weighted by molar-refractivity contribution is 5.85. The van der Waals surface area contributed by atoms with E-state index in [-0.39, 0.29) is 0 Å². The predicted octanol–water partition coefficient (Wildman–Crippen LogP) is 3.17. The second-order valence-electron chi connectivity index (χ2n) is 4.28. The quantitative estimate of drug-likeness (QED) is 0.764. The number of anilines is 1. The first-order valence-electron chi connectivity index (χ1n) is 5.24. The summed E-state index contributed by atoms with van der Waals surface area (Å²) in [5.41, 5.74) is 8.06. The van der Waals surface area contributed by atoms with Crippen LogP contribution in [0.15, 0.2) is 22.6 Å². The van der Waals surface area contributed by atoms with E-state index >= 15 is 0 Å². The van der Waals surface area contributed by atoms with E-state index in [2.05, 4.69) is 25.8 Å². The van der Waals surface area contributed by atoms with Gasteiger partial charge in [0.2, 0.25) is 0 Å². The van der Waals surface area contributed by atoms with Crippen molar-refractivity contribution in [3.8, 4) is 0 Å². The molecule has 0 aliphatic heterocycles. The minimum absolute atomic E-state index is 0.316. The number of hydrogen-bond acceptors (Lipinski definition) is 3. The molecule has 0 saturated carbocycles. The molecule has 2 aromatic rings. The van der Waals surface area contributed by atoms with E-state index in [1.54, 1.807) is 0 Å². The van der Waals surface area contributed by atoms with Crippen LogP contribution in [-0.2, 0) is 0 Å². The zero-order valence-electron chi connectivity index (χ0n) is 9.32. The lowest BCUT2D eigenvalue weighted by Gasteiger charge is -2.09. The number of oxazole rings is 1. The Labute approximate surface area is 89.3 Å². The van der Waals surface area contributed by atoms with Gasteiger partial charge >= 0.3 is 0 Å². The number of aromatic nitrogens is 1. The van der Waals surface area contributed by atoms with Crippen LogP contribution in [0.4, 0.5) is 5.69 Å². The van der Waals surface area contributed by atoms with Crippen molar-refractivity contribution in [2.24, 2.45) is 5.92 Å². The highest BCUT2D eigenvalue weighted by Crippen LogP contribution is 2.28. The van der Waals surface area contributed by atoms with E-state index in [1.165, 1.54) is 0 Å². The summed E-state index contributed by atoms with van der Waals surface area (Å²) in [6, 6.07) is 5.62. The van der Waals surface area contributed by atoms with E-state index in [9.17, 15) is 0 Å². The number of nitrogens with two attached hydrogens (primary N) is 1. The molecule has 0 amide bonds. The van der Waals surface area contributed by atoms with Gasteiger partial charge in [-0.3, -0.25) is 0 Å². The van der Waals surface area contributed by atoms with Gasteiger partial charge in [0.05, 0.1) is 5.69 Å². The number of nitrogens with zero attached hydrogens (tertiary/aromatic N) is 1. The Hall–Kier alpha value is -1.51. The molecule has 1 heterocycles.